The summed E-state index contributed by atoms with van der Waals surface area (Å²) >= 11 is 0. The zero-order valence-electron chi connectivity index (χ0n) is 11.4. The lowest BCUT2D eigenvalue weighted by Crippen LogP contribution is -2.16. The van der Waals surface area contributed by atoms with Gasteiger partial charge in [-0.25, -0.2) is 0 Å². The summed E-state index contributed by atoms with van der Waals surface area (Å²) in [6, 6.07) is 8.39. The number of nitrogens with zero attached hydrogens (tertiary/aromatic N) is 3. The summed E-state index contributed by atoms with van der Waals surface area (Å²) in [5.41, 5.74) is 8.91. The van der Waals surface area contributed by atoms with Crippen molar-refractivity contribution in [3.05, 3.63) is 41.6 Å². The Morgan fingerprint density at radius 2 is 2.14 bits per heavy atom. The molecule has 1 aliphatic rings. The second-order valence-corrected chi connectivity index (χ2v) is 5.22. The normalized spacial score (nSPS) is 17.6. The number of rotatable bonds is 2. The second kappa shape index (κ2) is 4.73. The van der Waals surface area contributed by atoms with E-state index in [0.29, 0.717) is 11.5 Å². The van der Waals surface area contributed by atoms with Crippen LogP contribution in [0, 0.1) is 0 Å². The minimum absolute atomic E-state index is 0.00218. The first kappa shape index (κ1) is 12.1. The maximum Gasteiger partial charge on any atom is 0.230 e. The van der Waals surface area contributed by atoms with Crippen molar-refractivity contribution in [2.45, 2.75) is 25.4 Å². The molecule has 0 saturated carbocycles. The number of aromatic nitrogens is 4. The minimum atomic E-state index is 0.00218. The van der Waals surface area contributed by atoms with Gasteiger partial charge in [0.25, 0.3) is 0 Å². The van der Waals surface area contributed by atoms with E-state index >= 15 is 0 Å². The molecule has 0 radical (unpaired) electrons. The number of nitrogens with one attached hydrogen (secondary N) is 1. The smallest absolute Gasteiger partial charge is 0.230 e. The molecule has 3 N–H and O–H groups in total. The van der Waals surface area contributed by atoms with Crippen LogP contribution in [0.25, 0.3) is 11.0 Å². The number of nitrogen functional groups attached to an aromatic ring is 1. The van der Waals surface area contributed by atoms with Gasteiger partial charge in [-0.15, -0.1) is 0 Å². The Kier molecular flexibility index (Phi) is 2.73. The van der Waals surface area contributed by atoms with Crippen LogP contribution >= 0.6 is 0 Å². The van der Waals surface area contributed by atoms with E-state index in [1.807, 2.05) is 6.07 Å². The van der Waals surface area contributed by atoms with Crippen molar-refractivity contribution >= 4 is 17.0 Å². The number of aryl methyl sites for hydroxylation is 1. The molecule has 0 aliphatic heterocycles. The predicted octanol–water partition coefficient (Wildman–Crippen LogP) is 2.39. The molecule has 4 rings (SSSR count). The van der Waals surface area contributed by atoms with E-state index in [4.69, 9.17) is 10.5 Å². The molecule has 0 fully saturated rings. The SMILES string of the molecule is Nc1nc(OC2CCCc3ccccc32)c2cn[nH]c2n1. The van der Waals surface area contributed by atoms with Gasteiger partial charge < -0.3 is 10.5 Å². The Balaban J connectivity index is 1.74. The molecule has 1 atom stereocenters. The monoisotopic (exact) mass is 281 g/mol. The Hall–Kier alpha value is -2.63. The molecule has 0 amide bonds. The van der Waals surface area contributed by atoms with Crippen LogP contribution in [-0.2, 0) is 6.42 Å². The number of aromatic amines is 1. The summed E-state index contributed by atoms with van der Waals surface area (Å²) in [6.07, 6.45) is 4.85. The maximum absolute atomic E-state index is 6.14. The van der Waals surface area contributed by atoms with Crippen molar-refractivity contribution in [1.29, 1.82) is 0 Å². The van der Waals surface area contributed by atoms with Crippen molar-refractivity contribution in [3.8, 4) is 5.88 Å². The lowest BCUT2D eigenvalue weighted by atomic mass is 9.89. The molecule has 0 saturated heterocycles. The third kappa shape index (κ3) is 2.08. The summed E-state index contributed by atoms with van der Waals surface area (Å²) < 4.78 is 6.14. The Morgan fingerprint density at radius 3 is 3.10 bits per heavy atom. The van der Waals surface area contributed by atoms with Gasteiger partial charge in [-0.05, 0) is 30.4 Å². The number of benzene rings is 1. The van der Waals surface area contributed by atoms with E-state index in [2.05, 4.69) is 38.4 Å². The molecule has 2 aromatic heterocycles. The fourth-order valence-corrected chi connectivity index (χ4v) is 2.88. The Labute approximate surface area is 121 Å². The maximum atomic E-state index is 6.14. The zero-order chi connectivity index (χ0) is 14.2. The van der Waals surface area contributed by atoms with E-state index in [1.54, 1.807) is 6.20 Å². The molecule has 0 bridgehead atoms. The third-order valence-electron chi connectivity index (χ3n) is 3.86. The van der Waals surface area contributed by atoms with Crippen LogP contribution < -0.4 is 10.5 Å². The molecule has 1 unspecified atom stereocenters. The van der Waals surface area contributed by atoms with Crippen LogP contribution in [0.3, 0.4) is 0 Å². The molecule has 1 aromatic carbocycles. The van der Waals surface area contributed by atoms with E-state index < -0.39 is 0 Å². The quantitative estimate of drug-likeness (QED) is 0.752. The molecular weight excluding hydrogens is 266 g/mol. The van der Waals surface area contributed by atoms with Crippen LogP contribution in [0.1, 0.15) is 30.1 Å². The first-order valence-electron chi connectivity index (χ1n) is 7.02. The summed E-state index contributed by atoms with van der Waals surface area (Å²) in [5, 5.41) is 7.53. The predicted molar refractivity (Wildman–Crippen MR) is 78.8 cm³/mol. The van der Waals surface area contributed by atoms with Crippen LogP contribution in [0.15, 0.2) is 30.5 Å². The van der Waals surface area contributed by atoms with Crippen molar-refractivity contribution in [3.63, 3.8) is 0 Å². The van der Waals surface area contributed by atoms with Gasteiger partial charge in [-0.3, -0.25) is 5.10 Å². The first-order valence-corrected chi connectivity index (χ1v) is 7.02. The van der Waals surface area contributed by atoms with Gasteiger partial charge in [-0.2, -0.15) is 15.1 Å². The summed E-state index contributed by atoms with van der Waals surface area (Å²) in [4.78, 5) is 8.33. The highest BCUT2D eigenvalue weighted by Gasteiger charge is 2.23. The van der Waals surface area contributed by atoms with Crippen molar-refractivity contribution in [2.24, 2.45) is 0 Å². The number of H-pyrrole nitrogens is 1. The molecule has 21 heavy (non-hydrogen) atoms. The number of anilines is 1. The van der Waals surface area contributed by atoms with E-state index in [1.165, 1.54) is 11.1 Å². The molecule has 1 aliphatic carbocycles. The van der Waals surface area contributed by atoms with Crippen molar-refractivity contribution in [2.75, 3.05) is 5.73 Å². The van der Waals surface area contributed by atoms with Crippen molar-refractivity contribution < 1.29 is 4.74 Å². The van der Waals surface area contributed by atoms with Gasteiger partial charge in [0, 0.05) is 0 Å². The van der Waals surface area contributed by atoms with Crippen molar-refractivity contribution in [1.82, 2.24) is 20.2 Å². The molecule has 6 nitrogen and oxygen atoms in total. The molecule has 3 aromatic rings. The molecule has 106 valence electrons. The average Bonchev–Trinajstić information content (AvgIpc) is 2.96. The fraction of sp³-hybridized carbons (Fsp3) is 0.267. The lowest BCUT2D eigenvalue weighted by molar-refractivity contribution is 0.178. The molecular formula is C15H15N5O. The molecule has 0 spiro atoms. The van der Waals surface area contributed by atoms with Crippen LogP contribution in [0.5, 0.6) is 5.88 Å². The zero-order valence-corrected chi connectivity index (χ0v) is 11.4. The van der Waals surface area contributed by atoms with Gasteiger partial charge in [-0.1, -0.05) is 24.3 Å². The highest BCUT2D eigenvalue weighted by atomic mass is 16.5. The van der Waals surface area contributed by atoms with Crippen LogP contribution in [0.4, 0.5) is 5.95 Å². The highest BCUT2D eigenvalue weighted by molar-refractivity contribution is 5.80. The van der Waals surface area contributed by atoms with Gasteiger partial charge in [0.2, 0.25) is 11.8 Å². The average molecular weight is 281 g/mol. The number of nitrogens with two attached hydrogens (primary N) is 1. The summed E-state index contributed by atoms with van der Waals surface area (Å²) in [7, 11) is 0. The lowest BCUT2D eigenvalue weighted by Gasteiger charge is -2.25. The minimum Gasteiger partial charge on any atom is -0.469 e. The van der Waals surface area contributed by atoms with E-state index in [0.717, 1.165) is 24.6 Å². The Morgan fingerprint density at radius 1 is 1.24 bits per heavy atom. The van der Waals surface area contributed by atoms with Gasteiger partial charge >= 0.3 is 0 Å². The number of hydrogen-bond donors (Lipinski definition) is 2. The fourth-order valence-electron chi connectivity index (χ4n) is 2.88. The van der Waals surface area contributed by atoms with E-state index in [9.17, 15) is 0 Å². The number of hydrogen-bond acceptors (Lipinski definition) is 5. The topological polar surface area (TPSA) is 89.7 Å². The first-order chi connectivity index (χ1) is 10.3. The number of ether oxygens (including phenoxy) is 1. The van der Waals surface area contributed by atoms with Gasteiger partial charge in [0.05, 0.1) is 6.20 Å². The standard InChI is InChI=1S/C15H15N5O/c16-15-18-13-11(8-17-20-13)14(19-15)21-12-7-3-5-9-4-1-2-6-10(9)12/h1-2,4,6,8,12H,3,5,7H2,(H3,16,17,18,19,20). The van der Waals surface area contributed by atoms with E-state index in [-0.39, 0.29) is 12.1 Å². The highest BCUT2D eigenvalue weighted by Crippen LogP contribution is 2.34. The summed E-state index contributed by atoms with van der Waals surface area (Å²) in [5.74, 6) is 0.679. The second-order valence-electron chi connectivity index (χ2n) is 5.22. The largest absolute Gasteiger partial charge is 0.469 e. The van der Waals surface area contributed by atoms with Gasteiger partial charge in [0.1, 0.15) is 11.5 Å². The summed E-state index contributed by atoms with van der Waals surface area (Å²) in [6.45, 7) is 0. The Bertz CT molecular complexity index is 798. The number of fused-ring (bicyclic) bond motifs is 2. The molecule has 2 heterocycles. The van der Waals surface area contributed by atoms with Crippen LogP contribution in [0.2, 0.25) is 0 Å². The molecule has 6 heteroatoms. The van der Waals surface area contributed by atoms with Crippen LogP contribution in [-0.4, -0.2) is 20.2 Å². The van der Waals surface area contributed by atoms with Gasteiger partial charge in [0.15, 0.2) is 5.65 Å². The third-order valence-corrected chi connectivity index (χ3v) is 3.86.